The summed E-state index contributed by atoms with van der Waals surface area (Å²) in [7, 11) is 1.99. The number of ketones is 1. The first-order chi connectivity index (χ1) is 19.4. The van der Waals surface area contributed by atoms with Crippen molar-refractivity contribution in [3.05, 3.63) is 81.9 Å². The molecule has 1 N–H and O–H groups in total. The molecule has 0 bridgehead atoms. The summed E-state index contributed by atoms with van der Waals surface area (Å²) in [6, 6.07) is 13.8. The van der Waals surface area contributed by atoms with Crippen LogP contribution in [-0.4, -0.2) is 32.6 Å². The Morgan fingerprint density at radius 1 is 1.15 bits per heavy atom. The highest BCUT2D eigenvalue weighted by atomic mass is 19.1. The van der Waals surface area contributed by atoms with Gasteiger partial charge in [0.2, 0.25) is 0 Å². The molecule has 216 valence electrons. The van der Waals surface area contributed by atoms with Crippen LogP contribution in [0.3, 0.4) is 0 Å². The van der Waals surface area contributed by atoms with E-state index in [-0.39, 0.29) is 18.0 Å². The Labute approximate surface area is 242 Å². The zero-order valence-electron chi connectivity index (χ0n) is 25.3. The molecule has 0 amide bonds. The smallest absolute Gasteiger partial charge is 0.165 e. The average Bonchev–Trinajstić information content (AvgIpc) is 3.24. The summed E-state index contributed by atoms with van der Waals surface area (Å²) < 4.78 is 23.1. The SMILES string of the molecule is CC(C)(C)O.CCC(=O)Cc1c(C)nc2c(cc(/C=C/c3ccccc3)n2C)c1-c1cc(F)c2c(c1C)CCCO2. The monoisotopic (exact) mass is 556 g/mol. The summed E-state index contributed by atoms with van der Waals surface area (Å²) in [5.41, 5.74) is 7.73. The lowest BCUT2D eigenvalue weighted by Gasteiger charge is -2.23. The van der Waals surface area contributed by atoms with Crippen LogP contribution >= 0.6 is 0 Å². The Kier molecular flexibility index (Phi) is 9.13. The van der Waals surface area contributed by atoms with Crippen molar-refractivity contribution in [2.75, 3.05) is 6.61 Å². The van der Waals surface area contributed by atoms with Gasteiger partial charge in [0.05, 0.1) is 12.2 Å². The molecule has 0 unspecified atom stereocenters. The summed E-state index contributed by atoms with van der Waals surface area (Å²) in [6.07, 6.45) is 6.51. The number of hydrogen-bond acceptors (Lipinski definition) is 4. The van der Waals surface area contributed by atoms with Crippen LogP contribution in [0.5, 0.6) is 5.75 Å². The lowest BCUT2D eigenvalue weighted by atomic mass is 9.87. The van der Waals surface area contributed by atoms with E-state index in [1.54, 1.807) is 26.8 Å². The zero-order valence-corrected chi connectivity index (χ0v) is 25.3. The second-order valence-electron chi connectivity index (χ2n) is 11.7. The maximum absolute atomic E-state index is 15.3. The third-order valence-electron chi connectivity index (χ3n) is 7.24. The molecule has 4 aromatic rings. The predicted molar refractivity (Wildman–Crippen MR) is 166 cm³/mol. The molecule has 5 rings (SSSR count). The van der Waals surface area contributed by atoms with Crippen molar-refractivity contribution in [1.29, 1.82) is 0 Å². The largest absolute Gasteiger partial charge is 0.490 e. The molecule has 0 saturated carbocycles. The Morgan fingerprint density at radius 2 is 1.83 bits per heavy atom. The molecule has 0 radical (unpaired) electrons. The first-order valence-electron chi connectivity index (χ1n) is 14.3. The third kappa shape index (κ3) is 6.94. The number of carbonyl (C=O) groups excluding carboxylic acids is 1. The van der Waals surface area contributed by atoms with E-state index in [9.17, 15) is 4.79 Å². The molecule has 0 fully saturated rings. The number of fused-ring (bicyclic) bond motifs is 2. The molecule has 0 aliphatic carbocycles. The maximum Gasteiger partial charge on any atom is 0.165 e. The Balaban J connectivity index is 0.000000714. The van der Waals surface area contributed by atoms with Crippen molar-refractivity contribution in [1.82, 2.24) is 9.55 Å². The molecule has 41 heavy (non-hydrogen) atoms. The number of carbonyl (C=O) groups is 1. The van der Waals surface area contributed by atoms with Gasteiger partial charge in [0.25, 0.3) is 0 Å². The standard InChI is InChI=1S/C31H31FN2O2.C4H10O/c1-5-23(35)17-26-20(3)33-31-27(16-22(34(31)4)14-13-21-10-7-6-8-11-21)29(26)25-18-28(32)30-24(19(25)2)12-9-15-36-30;1-4(2,3)5/h6-8,10-11,13-14,16,18H,5,9,12,15,17H2,1-4H3;5H,1-3H3/b14-13+;. The summed E-state index contributed by atoms with van der Waals surface area (Å²) in [4.78, 5) is 17.6. The molecular weight excluding hydrogens is 515 g/mol. The van der Waals surface area contributed by atoms with Crippen molar-refractivity contribution in [2.45, 2.75) is 72.8 Å². The van der Waals surface area contributed by atoms with Gasteiger partial charge in [-0.05, 0) is 93.5 Å². The fraction of sp³-hybridized carbons (Fsp3) is 0.371. The molecule has 6 heteroatoms. The van der Waals surface area contributed by atoms with Crippen LogP contribution in [0, 0.1) is 19.7 Å². The summed E-state index contributed by atoms with van der Waals surface area (Å²) in [6.45, 7) is 11.6. The van der Waals surface area contributed by atoms with Gasteiger partial charge in [-0.25, -0.2) is 9.37 Å². The number of halogens is 1. The molecule has 3 heterocycles. The van der Waals surface area contributed by atoms with Gasteiger partial charge in [0.1, 0.15) is 11.4 Å². The summed E-state index contributed by atoms with van der Waals surface area (Å²) in [5.74, 6) is 0.163. The fourth-order valence-electron chi connectivity index (χ4n) is 5.17. The molecule has 1 aliphatic heterocycles. The number of benzene rings is 2. The van der Waals surface area contributed by atoms with Crippen LogP contribution in [0.2, 0.25) is 0 Å². The van der Waals surface area contributed by atoms with E-state index in [4.69, 9.17) is 14.8 Å². The van der Waals surface area contributed by atoms with Gasteiger partial charge in [0.15, 0.2) is 11.6 Å². The Hall–Kier alpha value is -3.77. The van der Waals surface area contributed by atoms with E-state index >= 15 is 4.39 Å². The normalized spacial score (nSPS) is 13.1. The van der Waals surface area contributed by atoms with Gasteiger partial charge in [-0.1, -0.05) is 43.3 Å². The lowest BCUT2D eigenvalue weighted by molar-refractivity contribution is -0.118. The number of aliphatic hydroxyl groups is 1. The van der Waals surface area contributed by atoms with Crippen molar-refractivity contribution in [3.8, 4) is 16.9 Å². The van der Waals surface area contributed by atoms with Crippen LogP contribution in [0.4, 0.5) is 4.39 Å². The number of nitrogens with zero attached hydrogens (tertiary/aromatic N) is 2. The topological polar surface area (TPSA) is 64.3 Å². The van der Waals surface area contributed by atoms with Crippen molar-refractivity contribution in [2.24, 2.45) is 7.05 Å². The van der Waals surface area contributed by atoms with Crippen molar-refractivity contribution in [3.63, 3.8) is 0 Å². The first-order valence-corrected chi connectivity index (χ1v) is 14.3. The Bertz CT molecular complexity index is 1590. The van der Waals surface area contributed by atoms with Crippen molar-refractivity contribution < 1.29 is 19.0 Å². The van der Waals surface area contributed by atoms with E-state index in [1.807, 2.05) is 46.0 Å². The van der Waals surface area contributed by atoms with Gasteiger partial charge >= 0.3 is 0 Å². The average molecular weight is 557 g/mol. The van der Waals surface area contributed by atoms with E-state index in [0.717, 1.165) is 68.6 Å². The number of rotatable bonds is 6. The number of Topliss-reactive ketones (excluding diaryl/α,β-unsaturated/α-hetero) is 1. The van der Waals surface area contributed by atoms with Crippen molar-refractivity contribution >= 4 is 29.0 Å². The fourth-order valence-corrected chi connectivity index (χ4v) is 5.17. The minimum Gasteiger partial charge on any atom is -0.490 e. The molecule has 2 aromatic heterocycles. The molecule has 0 atom stereocenters. The molecule has 5 nitrogen and oxygen atoms in total. The first kappa shape index (κ1) is 30.2. The number of hydrogen-bond donors (Lipinski definition) is 1. The lowest BCUT2D eigenvalue weighted by Crippen LogP contribution is -2.13. The minimum atomic E-state index is -0.500. The maximum atomic E-state index is 15.3. The second kappa shape index (κ2) is 12.4. The van der Waals surface area contributed by atoms with Gasteiger partial charge in [0, 0.05) is 42.2 Å². The highest BCUT2D eigenvalue weighted by molar-refractivity contribution is 6.00. The quantitative estimate of drug-likeness (QED) is 0.263. The number of aromatic nitrogens is 2. The number of pyridine rings is 1. The molecule has 0 spiro atoms. The second-order valence-corrected chi connectivity index (χ2v) is 11.7. The van der Waals surface area contributed by atoms with Crippen LogP contribution in [-0.2, 0) is 24.7 Å². The summed E-state index contributed by atoms with van der Waals surface area (Å²) in [5, 5.41) is 9.45. The molecule has 2 aromatic carbocycles. The third-order valence-corrected chi connectivity index (χ3v) is 7.24. The van der Waals surface area contributed by atoms with E-state index in [1.165, 1.54) is 0 Å². The molecule has 0 saturated heterocycles. The van der Waals surface area contributed by atoms with Crippen LogP contribution in [0.15, 0.2) is 42.5 Å². The number of aryl methyl sites for hydroxylation is 2. The van der Waals surface area contributed by atoms with Gasteiger partial charge in [-0.3, -0.25) is 4.79 Å². The highest BCUT2D eigenvalue weighted by Gasteiger charge is 2.26. The predicted octanol–water partition coefficient (Wildman–Crippen LogP) is 7.79. The molecular formula is C35H41FN2O3. The van der Waals surface area contributed by atoms with Crippen LogP contribution in [0.25, 0.3) is 34.3 Å². The number of ether oxygens (including phenoxy) is 1. The van der Waals surface area contributed by atoms with Gasteiger partial charge in [-0.15, -0.1) is 0 Å². The zero-order chi connectivity index (χ0) is 29.9. The summed E-state index contributed by atoms with van der Waals surface area (Å²) >= 11 is 0. The van der Waals surface area contributed by atoms with Crippen LogP contribution in [0.1, 0.15) is 74.2 Å². The van der Waals surface area contributed by atoms with Gasteiger partial charge < -0.3 is 14.4 Å². The van der Waals surface area contributed by atoms with E-state index in [2.05, 4.69) is 34.9 Å². The van der Waals surface area contributed by atoms with Crippen LogP contribution < -0.4 is 4.74 Å². The molecule has 1 aliphatic rings. The highest BCUT2D eigenvalue weighted by Crippen LogP contribution is 2.42. The minimum absolute atomic E-state index is 0.139. The Morgan fingerprint density at radius 3 is 2.49 bits per heavy atom. The van der Waals surface area contributed by atoms with Gasteiger partial charge in [-0.2, -0.15) is 0 Å². The van der Waals surface area contributed by atoms with E-state index in [0.29, 0.717) is 18.8 Å². The van der Waals surface area contributed by atoms with E-state index < -0.39 is 5.60 Å².